The van der Waals surface area contributed by atoms with E-state index in [4.69, 9.17) is 0 Å². The number of nitrogens with one attached hydrogen (secondary N) is 1. The van der Waals surface area contributed by atoms with Gasteiger partial charge >= 0.3 is 0 Å². The van der Waals surface area contributed by atoms with Crippen LogP contribution in [0.4, 0.5) is 0 Å². The van der Waals surface area contributed by atoms with E-state index in [-0.39, 0.29) is 0 Å². The van der Waals surface area contributed by atoms with Crippen molar-refractivity contribution in [1.29, 1.82) is 0 Å². The average Bonchev–Trinajstić information content (AvgIpc) is 3.08. The number of likely N-dealkylation sites (N-methyl/N-ethyl adjacent to an activating group) is 1. The van der Waals surface area contributed by atoms with Gasteiger partial charge in [0, 0.05) is 17.8 Å². The highest BCUT2D eigenvalue weighted by atomic mass is 32.2. The fraction of sp³-hybridized carbons (Fsp3) is 0.923. The van der Waals surface area contributed by atoms with Crippen LogP contribution in [0.15, 0.2) is 4.99 Å². The van der Waals surface area contributed by atoms with Crippen molar-refractivity contribution >= 4 is 16.9 Å². The van der Waals surface area contributed by atoms with Crippen LogP contribution in [-0.2, 0) is 0 Å². The second-order valence-electron chi connectivity index (χ2n) is 5.17. The first-order valence-corrected chi connectivity index (χ1v) is 7.80. The maximum absolute atomic E-state index is 4.63. The number of hydrogen-bond donors (Lipinski definition) is 1. The highest BCUT2D eigenvalue weighted by Crippen LogP contribution is 2.41. The lowest BCUT2D eigenvalue weighted by Gasteiger charge is -2.23. The summed E-state index contributed by atoms with van der Waals surface area (Å²) in [5.74, 6) is 0.959. The predicted molar refractivity (Wildman–Crippen MR) is 76.8 cm³/mol. The van der Waals surface area contributed by atoms with E-state index in [1.54, 1.807) is 0 Å². The summed E-state index contributed by atoms with van der Waals surface area (Å²) in [6.07, 6.45) is 2.85. The summed E-state index contributed by atoms with van der Waals surface area (Å²) in [5, 5.41) is 5.52. The molecule has 98 valence electrons. The van der Waals surface area contributed by atoms with E-state index in [0.717, 1.165) is 37.3 Å². The molecule has 1 fully saturated rings. The first-order chi connectivity index (χ1) is 8.22. The first-order valence-electron chi connectivity index (χ1n) is 6.92. The van der Waals surface area contributed by atoms with Crippen LogP contribution in [0.5, 0.6) is 0 Å². The Morgan fingerprint density at radius 1 is 1.41 bits per heavy atom. The molecule has 1 heterocycles. The summed E-state index contributed by atoms with van der Waals surface area (Å²) in [4.78, 5) is 7.08. The Balaban J connectivity index is 1.69. The summed E-state index contributed by atoms with van der Waals surface area (Å²) >= 11 is 1.97. The van der Waals surface area contributed by atoms with Gasteiger partial charge in [0.15, 0.2) is 5.17 Å². The van der Waals surface area contributed by atoms with Gasteiger partial charge in [0.05, 0.1) is 6.54 Å². The Labute approximate surface area is 109 Å². The molecule has 2 rings (SSSR count). The van der Waals surface area contributed by atoms with Crippen molar-refractivity contribution in [2.24, 2.45) is 10.9 Å². The number of amidine groups is 1. The molecular formula is C13H25N3S. The molecule has 0 saturated heterocycles. The maximum atomic E-state index is 4.63. The SMILES string of the molecule is CCN(CC)CC(C)NC1=NCC(C2CC2)S1. The number of nitrogens with zero attached hydrogens (tertiary/aromatic N) is 2. The zero-order valence-corrected chi connectivity index (χ0v) is 12.1. The smallest absolute Gasteiger partial charge is 0.157 e. The third-order valence-corrected chi connectivity index (χ3v) is 4.93. The fourth-order valence-electron chi connectivity index (χ4n) is 2.31. The number of aliphatic imine (C=N–C) groups is 1. The molecule has 0 bridgehead atoms. The first kappa shape index (κ1) is 13.2. The van der Waals surface area contributed by atoms with Crippen molar-refractivity contribution in [3.8, 4) is 0 Å². The molecule has 1 aliphatic carbocycles. The molecule has 1 aliphatic heterocycles. The van der Waals surface area contributed by atoms with E-state index < -0.39 is 0 Å². The minimum absolute atomic E-state index is 0.499. The molecule has 0 amide bonds. The highest BCUT2D eigenvalue weighted by molar-refractivity contribution is 8.14. The Morgan fingerprint density at radius 2 is 2.12 bits per heavy atom. The van der Waals surface area contributed by atoms with Crippen LogP contribution in [0.25, 0.3) is 0 Å². The maximum Gasteiger partial charge on any atom is 0.157 e. The molecule has 3 nitrogen and oxygen atoms in total. The van der Waals surface area contributed by atoms with Crippen molar-refractivity contribution in [3.05, 3.63) is 0 Å². The zero-order valence-electron chi connectivity index (χ0n) is 11.3. The van der Waals surface area contributed by atoms with Gasteiger partial charge in [0.25, 0.3) is 0 Å². The van der Waals surface area contributed by atoms with Crippen LogP contribution in [0.1, 0.15) is 33.6 Å². The molecule has 1 N–H and O–H groups in total. The lowest BCUT2D eigenvalue weighted by molar-refractivity contribution is 0.282. The van der Waals surface area contributed by atoms with Crippen LogP contribution in [-0.4, -0.2) is 47.5 Å². The van der Waals surface area contributed by atoms with E-state index in [1.807, 2.05) is 11.8 Å². The van der Waals surface area contributed by atoms with E-state index in [9.17, 15) is 0 Å². The molecule has 0 aromatic heterocycles. The Kier molecular flexibility index (Phi) is 4.74. The number of rotatable bonds is 6. The summed E-state index contributed by atoms with van der Waals surface area (Å²) in [7, 11) is 0. The van der Waals surface area contributed by atoms with Gasteiger partial charge in [-0.05, 0) is 38.8 Å². The van der Waals surface area contributed by atoms with Gasteiger partial charge in [-0.1, -0.05) is 25.6 Å². The van der Waals surface area contributed by atoms with Crippen LogP contribution >= 0.6 is 11.8 Å². The molecule has 2 aliphatic rings. The highest BCUT2D eigenvalue weighted by Gasteiger charge is 2.35. The van der Waals surface area contributed by atoms with Gasteiger partial charge in [-0.15, -0.1) is 0 Å². The monoisotopic (exact) mass is 255 g/mol. The Hall–Kier alpha value is -0.220. The van der Waals surface area contributed by atoms with Crippen molar-refractivity contribution in [2.75, 3.05) is 26.2 Å². The van der Waals surface area contributed by atoms with E-state index in [1.165, 1.54) is 18.0 Å². The van der Waals surface area contributed by atoms with E-state index >= 15 is 0 Å². The fourth-order valence-corrected chi connectivity index (χ4v) is 3.63. The minimum Gasteiger partial charge on any atom is -0.361 e. The second kappa shape index (κ2) is 6.10. The number of thioether (sulfide) groups is 1. The molecule has 0 radical (unpaired) electrons. The van der Waals surface area contributed by atoms with Gasteiger partial charge in [-0.3, -0.25) is 4.99 Å². The molecule has 17 heavy (non-hydrogen) atoms. The third-order valence-electron chi connectivity index (χ3n) is 3.62. The molecule has 2 unspecified atom stereocenters. The van der Waals surface area contributed by atoms with E-state index in [2.05, 4.69) is 36.0 Å². The standard InChI is InChI=1S/C13H25N3S/c1-4-16(5-2)9-10(3)15-13-14-8-12(17-13)11-6-7-11/h10-12H,4-9H2,1-3H3,(H,14,15). The normalized spacial score (nSPS) is 26.1. The number of hydrogen-bond acceptors (Lipinski definition) is 4. The minimum atomic E-state index is 0.499. The van der Waals surface area contributed by atoms with E-state index in [0.29, 0.717) is 6.04 Å². The largest absolute Gasteiger partial charge is 0.361 e. The van der Waals surface area contributed by atoms with Crippen molar-refractivity contribution in [3.63, 3.8) is 0 Å². The third kappa shape index (κ3) is 3.88. The van der Waals surface area contributed by atoms with Crippen molar-refractivity contribution in [1.82, 2.24) is 10.2 Å². The van der Waals surface area contributed by atoms with Gasteiger partial charge < -0.3 is 10.2 Å². The summed E-state index contributed by atoms with van der Waals surface area (Å²) in [6, 6.07) is 0.499. The van der Waals surface area contributed by atoms with Gasteiger partial charge in [-0.2, -0.15) is 0 Å². The Bertz CT molecular complexity index is 272. The molecule has 1 saturated carbocycles. The second-order valence-corrected chi connectivity index (χ2v) is 6.40. The molecule has 0 spiro atoms. The summed E-state index contributed by atoms with van der Waals surface area (Å²) < 4.78 is 0. The van der Waals surface area contributed by atoms with Crippen LogP contribution in [0.2, 0.25) is 0 Å². The van der Waals surface area contributed by atoms with Gasteiger partial charge in [0.2, 0.25) is 0 Å². The molecule has 4 heteroatoms. The predicted octanol–water partition coefficient (Wildman–Crippen LogP) is 2.19. The lowest BCUT2D eigenvalue weighted by Crippen LogP contribution is -2.40. The van der Waals surface area contributed by atoms with Gasteiger partial charge in [0.1, 0.15) is 0 Å². The van der Waals surface area contributed by atoms with Gasteiger partial charge in [-0.25, -0.2) is 0 Å². The lowest BCUT2D eigenvalue weighted by atomic mass is 10.3. The molecular weight excluding hydrogens is 230 g/mol. The van der Waals surface area contributed by atoms with Crippen molar-refractivity contribution < 1.29 is 0 Å². The zero-order chi connectivity index (χ0) is 12.3. The molecule has 0 aromatic carbocycles. The summed E-state index contributed by atoms with van der Waals surface area (Å²) in [6.45, 7) is 11.1. The van der Waals surface area contributed by atoms with Crippen LogP contribution < -0.4 is 5.32 Å². The van der Waals surface area contributed by atoms with Crippen molar-refractivity contribution in [2.45, 2.75) is 44.9 Å². The quantitative estimate of drug-likeness (QED) is 0.788. The average molecular weight is 255 g/mol. The topological polar surface area (TPSA) is 27.6 Å². The van der Waals surface area contributed by atoms with Crippen LogP contribution in [0.3, 0.4) is 0 Å². The van der Waals surface area contributed by atoms with Crippen LogP contribution in [0, 0.1) is 5.92 Å². The molecule has 0 aromatic rings. The summed E-state index contributed by atoms with van der Waals surface area (Å²) in [5.41, 5.74) is 0. The Morgan fingerprint density at radius 3 is 2.71 bits per heavy atom. The molecule has 2 atom stereocenters.